The Labute approximate surface area is 90.9 Å². The maximum absolute atomic E-state index is 12.0. The van der Waals surface area contributed by atoms with E-state index in [-0.39, 0.29) is 17.3 Å². The Morgan fingerprint density at radius 2 is 1.88 bits per heavy atom. The zero-order valence-corrected chi connectivity index (χ0v) is 9.31. The Balaban J connectivity index is 4.83. The number of hydrogen-bond donors (Lipinski definition) is 1. The highest BCUT2D eigenvalue weighted by Gasteiger charge is 2.36. The molecule has 0 aliphatic carbocycles. The lowest BCUT2D eigenvalue weighted by molar-refractivity contribution is -0.138. The average molecular weight is 263 g/mol. The number of rotatable bonds is 6. The highest BCUT2D eigenvalue weighted by atomic mass is 32.2. The summed E-state index contributed by atoms with van der Waals surface area (Å²) >= 11 is 0. The van der Waals surface area contributed by atoms with E-state index in [1.807, 2.05) is 0 Å². The number of hydrogen-bond acceptors (Lipinski definition) is 3. The van der Waals surface area contributed by atoms with Gasteiger partial charge >= 0.3 is 12.1 Å². The lowest BCUT2D eigenvalue weighted by atomic mass is 10.5. The summed E-state index contributed by atoms with van der Waals surface area (Å²) in [7, 11) is -4.40. The monoisotopic (exact) mass is 263 g/mol. The highest BCUT2D eigenvalue weighted by molar-refractivity contribution is 7.89. The van der Waals surface area contributed by atoms with Crippen molar-refractivity contribution in [2.24, 2.45) is 0 Å². The highest BCUT2D eigenvalue weighted by Crippen LogP contribution is 2.18. The van der Waals surface area contributed by atoms with Crippen molar-refractivity contribution in [3.05, 3.63) is 0 Å². The normalized spacial score (nSPS) is 13.1. The van der Waals surface area contributed by atoms with E-state index in [4.69, 9.17) is 5.11 Å². The number of sulfonamides is 1. The molecule has 96 valence electrons. The first kappa shape index (κ1) is 15.2. The number of carboxylic acids is 1. The molecule has 0 spiro atoms. The first-order valence-corrected chi connectivity index (χ1v) is 5.96. The minimum Gasteiger partial charge on any atom is -0.480 e. The van der Waals surface area contributed by atoms with Crippen LogP contribution >= 0.6 is 0 Å². The maximum atomic E-state index is 12.0. The molecule has 0 saturated heterocycles. The van der Waals surface area contributed by atoms with Gasteiger partial charge in [0.1, 0.15) is 6.54 Å². The number of alkyl halides is 3. The van der Waals surface area contributed by atoms with Gasteiger partial charge in [0.15, 0.2) is 5.75 Å². The second-order valence-electron chi connectivity index (χ2n) is 3.10. The molecule has 0 aromatic carbocycles. The van der Waals surface area contributed by atoms with Crippen LogP contribution in [-0.2, 0) is 14.8 Å². The molecule has 1 N–H and O–H groups in total. The van der Waals surface area contributed by atoms with Crippen LogP contribution in [0.15, 0.2) is 0 Å². The number of halogens is 3. The molecule has 0 aromatic rings. The van der Waals surface area contributed by atoms with Gasteiger partial charge in [0.05, 0.1) is 0 Å². The minimum atomic E-state index is -4.68. The van der Waals surface area contributed by atoms with Gasteiger partial charge < -0.3 is 5.11 Å². The molecule has 0 unspecified atom stereocenters. The van der Waals surface area contributed by atoms with Gasteiger partial charge in [0.25, 0.3) is 0 Å². The van der Waals surface area contributed by atoms with E-state index in [0.717, 1.165) is 0 Å². The van der Waals surface area contributed by atoms with Crippen molar-refractivity contribution in [3.8, 4) is 0 Å². The predicted octanol–water partition coefficient (Wildman–Crippen LogP) is 0.675. The standard InChI is InChI=1S/C7H12F3NO4S/c1-2-3-11(5-7(8,9)10)16(14,15)4-6(12)13/h2-5H2,1H3,(H,12,13). The van der Waals surface area contributed by atoms with Gasteiger partial charge in [0, 0.05) is 6.54 Å². The van der Waals surface area contributed by atoms with Crippen LogP contribution in [0, 0.1) is 0 Å². The van der Waals surface area contributed by atoms with Crippen LogP contribution in [0.4, 0.5) is 13.2 Å². The van der Waals surface area contributed by atoms with Crippen molar-refractivity contribution in [2.45, 2.75) is 19.5 Å². The lowest BCUT2D eigenvalue weighted by Crippen LogP contribution is -2.41. The van der Waals surface area contributed by atoms with Crippen molar-refractivity contribution in [3.63, 3.8) is 0 Å². The summed E-state index contributed by atoms with van der Waals surface area (Å²) in [5.74, 6) is -3.01. The van der Waals surface area contributed by atoms with Crippen LogP contribution in [0.5, 0.6) is 0 Å². The molecule has 0 radical (unpaired) electrons. The van der Waals surface area contributed by atoms with Crippen molar-refractivity contribution in [1.29, 1.82) is 0 Å². The van der Waals surface area contributed by atoms with E-state index in [2.05, 4.69) is 0 Å². The average Bonchev–Trinajstić information content (AvgIpc) is 1.98. The molecular weight excluding hydrogens is 251 g/mol. The lowest BCUT2D eigenvalue weighted by Gasteiger charge is -2.21. The second-order valence-corrected chi connectivity index (χ2v) is 5.07. The van der Waals surface area contributed by atoms with Crippen LogP contribution in [0.25, 0.3) is 0 Å². The summed E-state index contributed by atoms with van der Waals surface area (Å²) in [6, 6.07) is 0. The summed E-state index contributed by atoms with van der Waals surface area (Å²) < 4.78 is 58.8. The van der Waals surface area contributed by atoms with E-state index in [0.29, 0.717) is 0 Å². The van der Waals surface area contributed by atoms with Crippen LogP contribution in [0.1, 0.15) is 13.3 Å². The minimum absolute atomic E-state index is 0.140. The summed E-state index contributed by atoms with van der Waals surface area (Å²) in [4.78, 5) is 10.2. The first-order chi connectivity index (χ1) is 7.08. The SMILES string of the molecule is CCCN(CC(F)(F)F)S(=O)(=O)CC(=O)O. The van der Waals surface area contributed by atoms with Crippen molar-refractivity contribution in [1.82, 2.24) is 4.31 Å². The zero-order chi connectivity index (χ0) is 13.0. The predicted molar refractivity (Wildman–Crippen MR) is 49.3 cm³/mol. The fourth-order valence-corrected chi connectivity index (χ4v) is 2.31. The van der Waals surface area contributed by atoms with Gasteiger partial charge in [0.2, 0.25) is 10.0 Å². The Morgan fingerprint density at radius 1 is 1.38 bits per heavy atom. The van der Waals surface area contributed by atoms with Crippen LogP contribution in [-0.4, -0.2) is 48.8 Å². The Bertz CT molecular complexity index is 338. The van der Waals surface area contributed by atoms with Gasteiger partial charge in [-0.25, -0.2) is 8.42 Å². The largest absolute Gasteiger partial charge is 0.480 e. The molecule has 0 aliphatic rings. The zero-order valence-electron chi connectivity index (χ0n) is 8.49. The third-order valence-electron chi connectivity index (χ3n) is 1.53. The summed E-state index contributed by atoms with van der Waals surface area (Å²) in [6.45, 7) is -0.509. The third kappa shape index (κ3) is 5.91. The molecule has 0 saturated carbocycles. The van der Waals surface area contributed by atoms with E-state index in [9.17, 15) is 26.4 Å². The van der Waals surface area contributed by atoms with Crippen LogP contribution in [0.3, 0.4) is 0 Å². The molecule has 0 aromatic heterocycles. The van der Waals surface area contributed by atoms with E-state index in [1.54, 1.807) is 0 Å². The van der Waals surface area contributed by atoms with Crippen LogP contribution < -0.4 is 0 Å². The fourth-order valence-electron chi connectivity index (χ4n) is 1.01. The molecule has 9 heteroatoms. The molecule has 0 heterocycles. The molecule has 16 heavy (non-hydrogen) atoms. The molecule has 0 fully saturated rings. The van der Waals surface area contributed by atoms with E-state index >= 15 is 0 Å². The van der Waals surface area contributed by atoms with Gasteiger partial charge in [-0.15, -0.1) is 0 Å². The summed E-state index contributed by atoms with van der Waals surface area (Å²) in [5, 5.41) is 8.28. The van der Waals surface area contributed by atoms with E-state index in [1.165, 1.54) is 6.92 Å². The Kier molecular flexibility index (Phi) is 5.20. The molecule has 5 nitrogen and oxygen atoms in total. The van der Waals surface area contributed by atoms with Crippen molar-refractivity contribution < 1.29 is 31.5 Å². The molecule has 0 rings (SSSR count). The summed E-state index contributed by atoms with van der Waals surface area (Å²) in [5.41, 5.74) is 0. The maximum Gasteiger partial charge on any atom is 0.402 e. The van der Waals surface area contributed by atoms with Gasteiger partial charge in [-0.1, -0.05) is 6.92 Å². The molecule has 0 amide bonds. The number of carbonyl (C=O) groups is 1. The molecular formula is C7H12F3NO4S. The van der Waals surface area contributed by atoms with E-state index < -0.39 is 34.5 Å². The smallest absolute Gasteiger partial charge is 0.402 e. The third-order valence-corrected chi connectivity index (χ3v) is 3.24. The number of aliphatic carboxylic acids is 1. The van der Waals surface area contributed by atoms with Crippen molar-refractivity contribution in [2.75, 3.05) is 18.8 Å². The van der Waals surface area contributed by atoms with Gasteiger partial charge in [-0.2, -0.15) is 17.5 Å². The number of carboxylic acid groups (broad SMARTS) is 1. The van der Waals surface area contributed by atoms with Crippen LogP contribution in [0.2, 0.25) is 0 Å². The van der Waals surface area contributed by atoms with Crippen molar-refractivity contribution >= 4 is 16.0 Å². The summed E-state index contributed by atoms with van der Waals surface area (Å²) in [6.07, 6.45) is -4.50. The molecule has 0 bridgehead atoms. The molecule has 0 aliphatic heterocycles. The Hall–Kier alpha value is -0.830. The first-order valence-electron chi connectivity index (χ1n) is 4.35. The van der Waals surface area contributed by atoms with Gasteiger partial charge in [-0.3, -0.25) is 4.79 Å². The fraction of sp³-hybridized carbons (Fsp3) is 0.857. The second kappa shape index (κ2) is 5.48. The molecule has 0 atom stereocenters. The quantitative estimate of drug-likeness (QED) is 0.764. The number of nitrogens with zero attached hydrogens (tertiary/aromatic N) is 1. The Morgan fingerprint density at radius 3 is 2.19 bits per heavy atom. The topological polar surface area (TPSA) is 74.7 Å². The van der Waals surface area contributed by atoms with Gasteiger partial charge in [-0.05, 0) is 6.42 Å².